The first-order valence-corrected chi connectivity index (χ1v) is 2.88. The van der Waals surface area contributed by atoms with Crippen molar-refractivity contribution in [3.05, 3.63) is 11.8 Å². The molecule has 0 bridgehead atoms. The number of hydrogen-bond donors (Lipinski definition) is 1. The third kappa shape index (κ3) is 1.54. The smallest absolute Gasteiger partial charge is 0.159 e. The molecule has 3 nitrogen and oxygen atoms in total. The first-order chi connectivity index (χ1) is 4.33. The maximum Gasteiger partial charge on any atom is 0.159 e. The Hall–Kier alpha value is -0.830. The maximum atomic E-state index is 10.6. The minimum Gasteiger partial charge on any atom is -0.345 e. The van der Waals surface area contributed by atoms with Gasteiger partial charge in [-0.1, -0.05) is 0 Å². The number of carbonyl (C=O) groups is 1. The van der Waals surface area contributed by atoms with E-state index in [0.717, 1.165) is 6.42 Å². The van der Waals surface area contributed by atoms with Crippen LogP contribution in [-0.2, 0) is 9.68 Å². The van der Waals surface area contributed by atoms with Gasteiger partial charge in [0, 0.05) is 18.9 Å². The first-order valence-electron chi connectivity index (χ1n) is 2.88. The SMILES string of the molecule is O=C1C=C(OO)CCC1. The van der Waals surface area contributed by atoms with Crippen molar-refractivity contribution in [1.82, 2.24) is 0 Å². The molecule has 0 heterocycles. The summed E-state index contributed by atoms with van der Waals surface area (Å²) in [6.45, 7) is 0. The minimum absolute atomic E-state index is 0.0327. The van der Waals surface area contributed by atoms with Crippen molar-refractivity contribution < 1.29 is 14.9 Å². The standard InChI is InChI=1S/C6H8O3/c7-5-2-1-3-6(4-5)9-8/h4,8H,1-3H2. The van der Waals surface area contributed by atoms with Gasteiger partial charge in [-0.05, 0) is 6.42 Å². The summed E-state index contributed by atoms with van der Waals surface area (Å²) in [7, 11) is 0. The molecule has 0 spiro atoms. The van der Waals surface area contributed by atoms with Crippen molar-refractivity contribution in [1.29, 1.82) is 0 Å². The second kappa shape index (κ2) is 2.64. The average molecular weight is 128 g/mol. The lowest BCUT2D eigenvalue weighted by molar-refractivity contribution is -0.206. The van der Waals surface area contributed by atoms with Gasteiger partial charge in [-0.2, -0.15) is 0 Å². The number of hydrogen-bond acceptors (Lipinski definition) is 3. The van der Waals surface area contributed by atoms with Crippen LogP contribution in [0, 0.1) is 0 Å². The largest absolute Gasteiger partial charge is 0.345 e. The molecule has 0 atom stereocenters. The first kappa shape index (κ1) is 6.29. The van der Waals surface area contributed by atoms with Crippen LogP contribution in [0.1, 0.15) is 19.3 Å². The van der Waals surface area contributed by atoms with Gasteiger partial charge < -0.3 is 4.89 Å². The Labute approximate surface area is 52.9 Å². The highest BCUT2D eigenvalue weighted by Gasteiger charge is 2.09. The Morgan fingerprint density at radius 1 is 1.56 bits per heavy atom. The quantitative estimate of drug-likeness (QED) is 0.425. The molecule has 3 heteroatoms. The van der Waals surface area contributed by atoms with Crippen LogP contribution in [0.2, 0.25) is 0 Å². The van der Waals surface area contributed by atoms with Gasteiger partial charge in [0.25, 0.3) is 0 Å². The lowest BCUT2D eigenvalue weighted by Crippen LogP contribution is -2.03. The van der Waals surface area contributed by atoms with E-state index in [1.165, 1.54) is 6.08 Å². The highest BCUT2D eigenvalue weighted by molar-refractivity contribution is 5.90. The van der Waals surface area contributed by atoms with Gasteiger partial charge in [-0.3, -0.25) is 4.79 Å². The van der Waals surface area contributed by atoms with E-state index in [9.17, 15) is 4.79 Å². The van der Waals surface area contributed by atoms with Gasteiger partial charge in [0.1, 0.15) is 5.76 Å². The predicted molar refractivity (Wildman–Crippen MR) is 30.7 cm³/mol. The molecule has 1 aliphatic carbocycles. The summed E-state index contributed by atoms with van der Waals surface area (Å²) in [5, 5.41) is 8.09. The van der Waals surface area contributed by atoms with Crippen LogP contribution in [-0.4, -0.2) is 11.0 Å². The molecule has 1 aliphatic rings. The van der Waals surface area contributed by atoms with Gasteiger partial charge in [0.05, 0.1) is 0 Å². The minimum atomic E-state index is 0.0327. The summed E-state index contributed by atoms with van der Waals surface area (Å²) in [6, 6.07) is 0. The van der Waals surface area contributed by atoms with Crippen molar-refractivity contribution in [3.63, 3.8) is 0 Å². The average Bonchev–Trinajstić information content (AvgIpc) is 1.88. The summed E-state index contributed by atoms with van der Waals surface area (Å²) in [6.07, 6.45) is 3.36. The van der Waals surface area contributed by atoms with Crippen LogP contribution in [0.3, 0.4) is 0 Å². The van der Waals surface area contributed by atoms with Crippen LogP contribution in [0.15, 0.2) is 11.8 Å². The summed E-state index contributed by atoms with van der Waals surface area (Å²) in [5.74, 6) is 0.413. The second-order valence-corrected chi connectivity index (χ2v) is 2.02. The Morgan fingerprint density at radius 3 is 2.78 bits per heavy atom. The molecule has 1 N–H and O–H groups in total. The molecule has 0 saturated carbocycles. The Bertz CT molecular complexity index is 148. The van der Waals surface area contributed by atoms with E-state index in [1.807, 2.05) is 0 Å². The molecule has 0 aromatic rings. The normalized spacial score (nSPS) is 19.2. The molecule has 50 valence electrons. The van der Waals surface area contributed by atoms with Gasteiger partial charge in [-0.25, -0.2) is 5.26 Å². The molecule has 0 aliphatic heterocycles. The lowest BCUT2D eigenvalue weighted by atomic mass is 10.1. The Kier molecular flexibility index (Phi) is 1.85. The number of rotatable bonds is 1. The zero-order valence-corrected chi connectivity index (χ0v) is 4.96. The van der Waals surface area contributed by atoms with Crippen LogP contribution >= 0.6 is 0 Å². The Morgan fingerprint density at radius 2 is 2.33 bits per heavy atom. The van der Waals surface area contributed by atoms with E-state index in [0.29, 0.717) is 18.6 Å². The molecule has 0 unspecified atom stereocenters. The summed E-state index contributed by atoms with van der Waals surface area (Å²) in [5.41, 5.74) is 0. The van der Waals surface area contributed by atoms with Gasteiger partial charge in [0.2, 0.25) is 0 Å². The molecule has 1 rings (SSSR count). The van der Waals surface area contributed by atoms with Crippen molar-refractivity contribution >= 4 is 5.78 Å². The van der Waals surface area contributed by atoms with E-state index in [4.69, 9.17) is 5.26 Å². The van der Waals surface area contributed by atoms with E-state index >= 15 is 0 Å². The fraction of sp³-hybridized carbons (Fsp3) is 0.500. The molecule has 0 fully saturated rings. The molecule has 0 radical (unpaired) electrons. The molecule has 9 heavy (non-hydrogen) atoms. The van der Waals surface area contributed by atoms with Crippen molar-refractivity contribution in [3.8, 4) is 0 Å². The van der Waals surface area contributed by atoms with Gasteiger partial charge in [0.15, 0.2) is 5.78 Å². The maximum absolute atomic E-state index is 10.6. The monoisotopic (exact) mass is 128 g/mol. The van der Waals surface area contributed by atoms with Crippen LogP contribution < -0.4 is 0 Å². The summed E-state index contributed by atoms with van der Waals surface area (Å²) < 4.78 is 0. The molecule has 0 saturated heterocycles. The molecule has 0 aromatic heterocycles. The predicted octanol–water partition coefficient (Wildman–Crippen LogP) is 1.11. The summed E-state index contributed by atoms with van der Waals surface area (Å²) >= 11 is 0. The van der Waals surface area contributed by atoms with Gasteiger partial charge >= 0.3 is 0 Å². The van der Waals surface area contributed by atoms with Crippen LogP contribution in [0.4, 0.5) is 0 Å². The lowest BCUT2D eigenvalue weighted by Gasteiger charge is -2.06. The molecule has 0 aromatic carbocycles. The number of carbonyl (C=O) groups excluding carboxylic acids is 1. The highest BCUT2D eigenvalue weighted by Crippen LogP contribution is 2.14. The number of ketones is 1. The topological polar surface area (TPSA) is 46.5 Å². The molecular formula is C6H8O3. The van der Waals surface area contributed by atoms with Crippen LogP contribution in [0.25, 0.3) is 0 Å². The number of allylic oxidation sites excluding steroid dienone is 2. The fourth-order valence-electron chi connectivity index (χ4n) is 0.833. The molecular weight excluding hydrogens is 120 g/mol. The van der Waals surface area contributed by atoms with Crippen LogP contribution in [0.5, 0.6) is 0 Å². The summed E-state index contributed by atoms with van der Waals surface area (Å²) in [4.78, 5) is 14.5. The fourth-order valence-corrected chi connectivity index (χ4v) is 0.833. The van der Waals surface area contributed by atoms with E-state index in [2.05, 4.69) is 4.89 Å². The zero-order chi connectivity index (χ0) is 6.69. The van der Waals surface area contributed by atoms with Crippen molar-refractivity contribution in [2.75, 3.05) is 0 Å². The third-order valence-electron chi connectivity index (χ3n) is 1.29. The second-order valence-electron chi connectivity index (χ2n) is 2.02. The van der Waals surface area contributed by atoms with Crippen molar-refractivity contribution in [2.24, 2.45) is 0 Å². The van der Waals surface area contributed by atoms with E-state index in [-0.39, 0.29) is 5.78 Å². The van der Waals surface area contributed by atoms with Crippen molar-refractivity contribution in [2.45, 2.75) is 19.3 Å². The highest BCUT2D eigenvalue weighted by atomic mass is 17.1. The third-order valence-corrected chi connectivity index (χ3v) is 1.29. The molecule has 0 amide bonds. The van der Waals surface area contributed by atoms with E-state index < -0.39 is 0 Å². The van der Waals surface area contributed by atoms with E-state index in [1.54, 1.807) is 0 Å². The Balaban J connectivity index is 2.59. The zero-order valence-electron chi connectivity index (χ0n) is 4.96. The van der Waals surface area contributed by atoms with Gasteiger partial charge in [-0.15, -0.1) is 0 Å².